The highest BCUT2D eigenvalue weighted by atomic mass is 16.5. The van der Waals surface area contributed by atoms with Crippen LogP contribution in [0.25, 0.3) is 0 Å². The molecular formula is C12H17NO. The van der Waals surface area contributed by atoms with Gasteiger partial charge in [0, 0.05) is 17.8 Å². The van der Waals surface area contributed by atoms with Gasteiger partial charge in [0.2, 0.25) is 0 Å². The third-order valence-electron chi connectivity index (χ3n) is 2.40. The summed E-state index contributed by atoms with van der Waals surface area (Å²) in [4.78, 5) is 0. The minimum Gasteiger partial charge on any atom is -0.493 e. The Kier molecular flexibility index (Phi) is 2.62. The van der Waals surface area contributed by atoms with Crippen molar-refractivity contribution in [1.29, 1.82) is 0 Å². The zero-order chi connectivity index (χ0) is 9.97. The van der Waals surface area contributed by atoms with Gasteiger partial charge in [-0.1, -0.05) is 19.9 Å². The van der Waals surface area contributed by atoms with Crippen LogP contribution in [0.5, 0.6) is 5.75 Å². The zero-order valence-corrected chi connectivity index (χ0v) is 8.84. The summed E-state index contributed by atoms with van der Waals surface area (Å²) in [6.45, 7) is 6.18. The van der Waals surface area contributed by atoms with Crippen molar-refractivity contribution >= 4 is 5.69 Å². The predicted octanol–water partition coefficient (Wildman–Crippen LogP) is 2.69. The number of fused-ring (bicyclic) bond motifs is 1. The molecule has 0 bridgehead atoms. The summed E-state index contributed by atoms with van der Waals surface area (Å²) in [7, 11) is 0. The van der Waals surface area contributed by atoms with E-state index in [1.165, 1.54) is 11.3 Å². The van der Waals surface area contributed by atoms with E-state index >= 15 is 0 Å². The number of anilines is 1. The highest BCUT2D eigenvalue weighted by molar-refractivity contribution is 5.61. The van der Waals surface area contributed by atoms with Crippen molar-refractivity contribution in [2.75, 3.05) is 18.5 Å². The van der Waals surface area contributed by atoms with Gasteiger partial charge in [-0.25, -0.2) is 0 Å². The molecule has 76 valence electrons. The second-order valence-electron chi connectivity index (χ2n) is 4.16. The summed E-state index contributed by atoms with van der Waals surface area (Å²) in [6.07, 6.45) is 1.09. The number of benzene rings is 1. The molecule has 0 saturated heterocycles. The van der Waals surface area contributed by atoms with Crippen LogP contribution in [0, 0.1) is 5.92 Å². The van der Waals surface area contributed by atoms with Gasteiger partial charge < -0.3 is 10.1 Å². The smallest absolute Gasteiger partial charge is 0.124 e. The summed E-state index contributed by atoms with van der Waals surface area (Å²) in [5.74, 6) is 1.64. The Bertz CT molecular complexity index is 320. The maximum atomic E-state index is 5.77. The molecule has 1 aromatic rings. The minimum atomic E-state index is 0.584. The van der Waals surface area contributed by atoms with Crippen LogP contribution in [0.15, 0.2) is 18.2 Å². The third kappa shape index (κ3) is 1.84. The molecule has 2 rings (SSSR count). The average molecular weight is 191 g/mol. The van der Waals surface area contributed by atoms with E-state index in [1.807, 2.05) is 6.07 Å². The molecule has 0 fully saturated rings. The predicted molar refractivity (Wildman–Crippen MR) is 59.0 cm³/mol. The van der Waals surface area contributed by atoms with Crippen molar-refractivity contribution < 1.29 is 4.74 Å². The summed E-state index contributed by atoms with van der Waals surface area (Å²) < 4.78 is 5.77. The van der Waals surface area contributed by atoms with E-state index in [0.717, 1.165) is 25.3 Å². The largest absolute Gasteiger partial charge is 0.493 e. The Morgan fingerprint density at radius 3 is 3.07 bits per heavy atom. The van der Waals surface area contributed by atoms with Crippen LogP contribution >= 0.6 is 0 Å². The molecule has 0 aliphatic carbocycles. The first-order chi connectivity index (χ1) is 6.77. The number of ether oxygens (including phenoxy) is 1. The lowest BCUT2D eigenvalue weighted by Crippen LogP contribution is -2.05. The van der Waals surface area contributed by atoms with E-state index in [4.69, 9.17) is 4.74 Å². The topological polar surface area (TPSA) is 21.3 Å². The van der Waals surface area contributed by atoms with Crippen LogP contribution in [-0.4, -0.2) is 13.2 Å². The zero-order valence-electron chi connectivity index (χ0n) is 8.84. The van der Waals surface area contributed by atoms with Gasteiger partial charge in [0.05, 0.1) is 6.61 Å². The van der Waals surface area contributed by atoms with Crippen molar-refractivity contribution in [2.24, 2.45) is 5.92 Å². The van der Waals surface area contributed by atoms with E-state index in [2.05, 4.69) is 31.3 Å². The molecule has 1 aromatic carbocycles. The molecule has 0 saturated carbocycles. The fourth-order valence-electron chi connectivity index (χ4n) is 1.70. The molecule has 2 nitrogen and oxygen atoms in total. The molecule has 0 radical (unpaired) electrons. The van der Waals surface area contributed by atoms with Gasteiger partial charge in [-0.15, -0.1) is 0 Å². The van der Waals surface area contributed by atoms with Crippen molar-refractivity contribution in [2.45, 2.75) is 20.3 Å². The molecule has 0 aromatic heterocycles. The van der Waals surface area contributed by atoms with Gasteiger partial charge in [-0.2, -0.15) is 0 Å². The normalized spacial score (nSPS) is 13.9. The van der Waals surface area contributed by atoms with Gasteiger partial charge in [-0.3, -0.25) is 0 Å². The Labute approximate surface area is 85.3 Å². The van der Waals surface area contributed by atoms with Crippen molar-refractivity contribution in [3.05, 3.63) is 23.8 Å². The van der Waals surface area contributed by atoms with Gasteiger partial charge in [0.25, 0.3) is 0 Å². The molecule has 1 N–H and O–H groups in total. The highest BCUT2D eigenvalue weighted by Gasteiger charge is 2.14. The molecule has 1 heterocycles. The maximum absolute atomic E-state index is 5.77. The Morgan fingerprint density at radius 2 is 2.29 bits per heavy atom. The SMILES string of the molecule is CC(C)COc1cccc2c1CCN2. The second kappa shape index (κ2) is 3.91. The first-order valence-electron chi connectivity index (χ1n) is 5.26. The van der Waals surface area contributed by atoms with E-state index < -0.39 is 0 Å². The molecule has 14 heavy (non-hydrogen) atoms. The van der Waals surface area contributed by atoms with E-state index in [9.17, 15) is 0 Å². The van der Waals surface area contributed by atoms with Crippen molar-refractivity contribution in [3.8, 4) is 5.75 Å². The summed E-state index contributed by atoms with van der Waals surface area (Å²) >= 11 is 0. The monoisotopic (exact) mass is 191 g/mol. The van der Waals surface area contributed by atoms with Crippen LogP contribution in [0.4, 0.5) is 5.69 Å². The Balaban J connectivity index is 2.14. The molecule has 0 atom stereocenters. The van der Waals surface area contributed by atoms with E-state index in [1.54, 1.807) is 0 Å². The van der Waals surface area contributed by atoms with E-state index in [-0.39, 0.29) is 0 Å². The first-order valence-corrected chi connectivity index (χ1v) is 5.26. The minimum absolute atomic E-state index is 0.584. The van der Waals surface area contributed by atoms with Crippen molar-refractivity contribution in [1.82, 2.24) is 0 Å². The fraction of sp³-hybridized carbons (Fsp3) is 0.500. The summed E-state index contributed by atoms with van der Waals surface area (Å²) in [5.41, 5.74) is 2.58. The van der Waals surface area contributed by atoms with Gasteiger partial charge in [0.15, 0.2) is 0 Å². The van der Waals surface area contributed by atoms with E-state index in [0.29, 0.717) is 5.92 Å². The molecule has 0 unspecified atom stereocenters. The molecule has 0 spiro atoms. The molecule has 0 amide bonds. The fourth-order valence-corrected chi connectivity index (χ4v) is 1.70. The molecule has 1 aliphatic rings. The lowest BCUT2D eigenvalue weighted by atomic mass is 10.1. The van der Waals surface area contributed by atoms with Crippen molar-refractivity contribution in [3.63, 3.8) is 0 Å². The first kappa shape index (κ1) is 9.38. The molecular weight excluding hydrogens is 174 g/mol. The maximum Gasteiger partial charge on any atom is 0.124 e. The van der Waals surface area contributed by atoms with Gasteiger partial charge >= 0.3 is 0 Å². The lowest BCUT2D eigenvalue weighted by Gasteiger charge is -2.11. The van der Waals surface area contributed by atoms with Crippen LogP contribution in [-0.2, 0) is 6.42 Å². The average Bonchev–Trinajstić information content (AvgIpc) is 2.62. The second-order valence-corrected chi connectivity index (χ2v) is 4.16. The molecule has 1 aliphatic heterocycles. The number of hydrogen-bond donors (Lipinski definition) is 1. The highest BCUT2D eigenvalue weighted by Crippen LogP contribution is 2.30. The number of nitrogens with one attached hydrogen (secondary N) is 1. The standard InChI is InChI=1S/C12H17NO/c1-9(2)8-14-12-5-3-4-11-10(12)6-7-13-11/h3-5,9,13H,6-8H2,1-2H3. The Hall–Kier alpha value is -1.18. The van der Waals surface area contributed by atoms with Gasteiger partial charge in [0.1, 0.15) is 5.75 Å². The lowest BCUT2D eigenvalue weighted by molar-refractivity contribution is 0.269. The molecule has 2 heteroatoms. The Morgan fingerprint density at radius 1 is 1.43 bits per heavy atom. The summed E-state index contributed by atoms with van der Waals surface area (Å²) in [6, 6.07) is 6.23. The number of hydrogen-bond acceptors (Lipinski definition) is 2. The van der Waals surface area contributed by atoms with Gasteiger partial charge in [-0.05, 0) is 24.5 Å². The van der Waals surface area contributed by atoms with Crippen LogP contribution in [0.3, 0.4) is 0 Å². The quantitative estimate of drug-likeness (QED) is 0.793. The summed E-state index contributed by atoms with van der Waals surface area (Å²) in [5, 5.41) is 3.35. The third-order valence-corrected chi connectivity index (χ3v) is 2.40. The number of rotatable bonds is 3. The van der Waals surface area contributed by atoms with Crippen LogP contribution < -0.4 is 10.1 Å². The van der Waals surface area contributed by atoms with Crippen LogP contribution in [0.1, 0.15) is 19.4 Å². The van der Waals surface area contributed by atoms with Crippen LogP contribution in [0.2, 0.25) is 0 Å².